The Bertz CT molecular complexity index is 386. The van der Waals surface area contributed by atoms with Gasteiger partial charge < -0.3 is 16.2 Å². The molecule has 0 spiro atoms. The zero-order chi connectivity index (χ0) is 10.8. The molecular weight excluding hydrogens is 192 g/mol. The van der Waals surface area contributed by atoms with Crippen LogP contribution in [0.5, 0.6) is 0 Å². The van der Waals surface area contributed by atoms with Gasteiger partial charge >= 0.3 is 5.97 Å². The standard InChI is InChI=1S/C11H14N2O2/c12-9-6-2-5-8(11(14)15)10(9)13-7-3-1-4-7/h2,5-7,13H,1,3-4,12H2,(H,14,15). The smallest absolute Gasteiger partial charge is 0.337 e. The zero-order valence-corrected chi connectivity index (χ0v) is 8.36. The maximum absolute atomic E-state index is 11.0. The van der Waals surface area contributed by atoms with Gasteiger partial charge in [0.05, 0.1) is 16.9 Å². The molecule has 1 aliphatic rings. The highest BCUT2D eigenvalue weighted by Gasteiger charge is 2.20. The molecule has 4 N–H and O–H groups in total. The third-order valence-electron chi connectivity index (χ3n) is 2.78. The lowest BCUT2D eigenvalue weighted by molar-refractivity contribution is 0.0698. The maximum Gasteiger partial charge on any atom is 0.337 e. The number of nitrogen functional groups attached to an aromatic ring is 1. The second kappa shape index (κ2) is 3.81. The average molecular weight is 206 g/mol. The summed E-state index contributed by atoms with van der Waals surface area (Å²) in [6.45, 7) is 0. The number of carboxylic acids is 1. The molecule has 4 heteroatoms. The van der Waals surface area contributed by atoms with Gasteiger partial charge in [-0.25, -0.2) is 4.79 Å². The summed E-state index contributed by atoms with van der Waals surface area (Å²) in [5, 5.41) is 12.2. The molecule has 0 aromatic heterocycles. The fourth-order valence-electron chi connectivity index (χ4n) is 1.67. The van der Waals surface area contributed by atoms with Crippen molar-refractivity contribution >= 4 is 17.3 Å². The van der Waals surface area contributed by atoms with Gasteiger partial charge in [-0.05, 0) is 31.4 Å². The Morgan fingerprint density at radius 3 is 2.73 bits per heavy atom. The number of benzene rings is 1. The molecule has 2 rings (SSSR count). The molecule has 1 aromatic carbocycles. The minimum absolute atomic E-state index is 0.252. The monoisotopic (exact) mass is 206 g/mol. The van der Waals surface area contributed by atoms with E-state index in [1.807, 2.05) is 0 Å². The van der Waals surface area contributed by atoms with Crippen molar-refractivity contribution in [3.05, 3.63) is 23.8 Å². The zero-order valence-electron chi connectivity index (χ0n) is 8.36. The van der Waals surface area contributed by atoms with Crippen LogP contribution in [0.25, 0.3) is 0 Å². The van der Waals surface area contributed by atoms with Crippen LogP contribution in [0.15, 0.2) is 18.2 Å². The largest absolute Gasteiger partial charge is 0.478 e. The van der Waals surface area contributed by atoms with Gasteiger partial charge in [0.2, 0.25) is 0 Å². The molecule has 0 amide bonds. The van der Waals surface area contributed by atoms with E-state index in [9.17, 15) is 4.79 Å². The summed E-state index contributed by atoms with van der Waals surface area (Å²) < 4.78 is 0. The van der Waals surface area contributed by atoms with Gasteiger partial charge in [0.15, 0.2) is 0 Å². The number of hydrogen-bond acceptors (Lipinski definition) is 3. The molecule has 80 valence electrons. The van der Waals surface area contributed by atoms with Crippen molar-refractivity contribution in [3.63, 3.8) is 0 Å². The Morgan fingerprint density at radius 1 is 1.47 bits per heavy atom. The molecule has 0 aliphatic heterocycles. The number of carbonyl (C=O) groups is 1. The predicted octanol–water partition coefficient (Wildman–Crippen LogP) is 1.93. The third kappa shape index (κ3) is 1.88. The van der Waals surface area contributed by atoms with E-state index in [1.54, 1.807) is 18.2 Å². The van der Waals surface area contributed by atoms with E-state index in [0.717, 1.165) is 12.8 Å². The third-order valence-corrected chi connectivity index (χ3v) is 2.78. The van der Waals surface area contributed by atoms with Gasteiger partial charge in [0.1, 0.15) is 0 Å². The molecule has 1 aliphatic carbocycles. The van der Waals surface area contributed by atoms with Gasteiger partial charge in [-0.15, -0.1) is 0 Å². The summed E-state index contributed by atoms with van der Waals surface area (Å²) in [6, 6.07) is 5.32. The second-order valence-corrected chi connectivity index (χ2v) is 3.85. The number of anilines is 2. The summed E-state index contributed by atoms with van der Waals surface area (Å²) in [5.41, 5.74) is 7.08. The topological polar surface area (TPSA) is 75.4 Å². The lowest BCUT2D eigenvalue weighted by Gasteiger charge is -2.28. The van der Waals surface area contributed by atoms with Crippen molar-refractivity contribution in [1.29, 1.82) is 0 Å². The van der Waals surface area contributed by atoms with Gasteiger partial charge in [-0.2, -0.15) is 0 Å². The highest BCUT2D eigenvalue weighted by Crippen LogP contribution is 2.29. The van der Waals surface area contributed by atoms with Gasteiger partial charge in [-0.3, -0.25) is 0 Å². The fraction of sp³-hybridized carbons (Fsp3) is 0.364. The molecular formula is C11H14N2O2. The molecule has 1 fully saturated rings. The number of carboxylic acid groups (broad SMARTS) is 1. The van der Waals surface area contributed by atoms with Gasteiger partial charge in [0, 0.05) is 6.04 Å². The van der Waals surface area contributed by atoms with E-state index >= 15 is 0 Å². The summed E-state index contributed by atoms with van der Waals surface area (Å²) in [4.78, 5) is 11.0. The highest BCUT2D eigenvalue weighted by molar-refractivity contribution is 5.97. The minimum atomic E-state index is -0.941. The summed E-state index contributed by atoms with van der Waals surface area (Å²) in [5.74, 6) is -0.941. The Labute approximate surface area is 88.1 Å². The molecule has 1 saturated carbocycles. The molecule has 0 radical (unpaired) electrons. The van der Waals surface area contributed by atoms with E-state index in [4.69, 9.17) is 10.8 Å². The average Bonchev–Trinajstić information content (AvgIpc) is 2.12. The van der Waals surface area contributed by atoms with Crippen molar-refractivity contribution in [1.82, 2.24) is 0 Å². The van der Waals surface area contributed by atoms with Gasteiger partial charge in [-0.1, -0.05) is 6.07 Å². The SMILES string of the molecule is Nc1cccc(C(=O)O)c1NC1CCC1. The number of nitrogens with one attached hydrogen (secondary N) is 1. The Balaban J connectivity index is 2.29. The quantitative estimate of drug-likeness (QED) is 0.660. The molecule has 15 heavy (non-hydrogen) atoms. The van der Waals surface area contributed by atoms with E-state index in [0.29, 0.717) is 17.4 Å². The molecule has 0 heterocycles. The van der Waals surface area contributed by atoms with Crippen LogP contribution in [0, 0.1) is 0 Å². The number of para-hydroxylation sites is 1. The molecule has 0 bridgehead atoms. The lowest BCUT2D eigenvalue weighted by Crippen LogP contribution is -2.28. The number of nitrogens with two attached hydrogens (primary N) is 1. The van der Waals surface area contributed by atoms with E-state index in [1.165, 1.54) is 6.42 Å². The van der Waals surface area contributed by atoms with Crippen molar-refractivity contribution in [3.8, 4) is 0 Å². The van der Waals surface area contributed by atoms with Crippen LogP contribution in [-0.4, -0.2) is 17.1 Å². The first-order valence-corrected chi connectivity index (χ1v) is 5.07. The molecule has 0 unspecified atom stereocenters. The maximum atomic E-state index is 11.0. The fourth-order valence-corrected chi connectivity index (χ4v) is 1.67. The van der Waals surface area contributed by atoms with Crippen LogP contribution in [0.2, 0.25) is 0 Å². The van der Waals surface area contributed by atoms with E-state index < -0.39 is 5.97 Å². The number of hydrogen-bond donors (Lipinski definition) is 3. The highest BCUT2D eigenvalue weighted by atomic mass is 16.4. The molecule has 4 nitrogen and oxygen atoms in total. The van der Waals surface area contributed by atoms with Crippen LogP contribution >= 0.6 is 0 Å². The second-order valence-electron chi connectivity index (χ2n) is 3.85. The molecule has 0 atom stereocenters. The first kappa shape index (κ1) is 9.83. The Morgan fingerprint density at radius 2 is 2.20 bits per heavy atom. The van der Waals surface area contributed by atoms with Crippen LogP contribution in [-0.2, 0) is 0 Å². The first-order valence-electron chi connectivity index (χ1n) is 5.07. The number of aromatic carboxylic acids is 1. The lowest BCUT2D eigenvalue weighted by atomic mass is 9.92. The van der Waals surface area contributed by atoms with E-state index in [2.05, 4.69) is 5.32 Å². The normalized spacial score (nSPS) is 15.7. The Kier molecular flexibility index (Phi) is 2.49. The van der Waals surface area contributed by atoms with Crippen LogP contribution in [0.1, 0.15) is 29.6 Å². The van der Waals surface area contributed by atoms with Crippen LogP contribution < -0.4 is 11.1 Å². The summed E-state index contributed by atoms with van der Waals surface area (Å²) in [6.07, 6.45) is 3.38. The number of rotatable bonds is 3. The van der Waals surface area contributed by atoms with Crippen LogP contribution in [0.3, 0.4) is 0 Å². The predicted molar refractivity (Wildman–Crippen MR) is 59.1 cm³/mol. The van der Waals surface area contributed by atoms with Crippen molar-refractivity contribution < 1.29 is 9.90 Å². The minimum Gasteiger partial charge on any atom is -0.478 e. The summed E-state index contributed by atoms with van der Waals surface area (Å²) in [7, 11) is 0. The van der Waals surface area contributed by atoms with Crippen molar-refractivity contribution in [2.75, 3.05) is 11.1 Å². The Hall–Kier alpha value is -1.71. The first-order chi connectivity index (χ1) is 7.18. The van der Waals surface area contributed by atoms with E-state index in [-0.39, 0.29) is 5.56 Å². The van der Waals surface area contributed by atoms with Crippen molar-refractivity contribution in [2.24, 2.45) is 0 Å². The van der Waals surface area contributed by atoms with Crippen molar-refractivity contribution in [2.45, 2.75) is 25.3 Å². The van der Waals surface area contributed by atoms with Gasteiger partial charge in [0.25, 0.3) is 0 Å². The molecule has 1 aromatic rings. The van der Waals surface area contributed by atoms with Crippen LogP contribution in [0.4, 0.5) is 11.4 Å². The molecule has 0 saturated heterocycles. The summed E-state index contributed by atoms with van der Waals surface area (Å²) >= 11 is 0.